The molecule has 0 fully saturated rings. The minimum atomic E-state index is 0.723. The van der Waals surface area contributed by atoms with Crippen LogP contribution in [-0.4, -0.2) is 9.97 Å². The van der Waals surface area contributed by atoms with Gasteiger partial charge in [0.05, 0.1) is 11.4 Å². The average molecular weight is 591 g/mol. The first-order valence-corrected chi connectivity index (χ1v) is 16.0. The van der Waals surface area contributed by atoms with Crippen LogP contribution in [0.25, 0.3) is 86.7 Å². The van der Waals surface area contributed by atoms with Gasteiger partial charge in [0.2, 0.25) is 0 Å². The zero-order chi connectivity index (χ0) is 29.7. The van der Waals surface area contributed by atoms with E-state index < -0.39 is 0 Å². The summed E-state index contributed by atoms with van der Waals surface area (Å²) in [5.41, 5.74) is 7.39. The number of benzene rings is 7. The maximum absolute atomic E-state index is 5.31. The van der Waals surface area contributed by atoms with Gasteiger partial charge in [0, 0.05) is 36.9 Å². The Morgan fingerprint density at radius 1 is 0.400 bits per heavy atom. The van der Waals surface area contributed by atoms with Crippen LogP contribution in [0.3, 0.4) is 0 Å². The van der Waals surface area contributed by atoms with Gasteiger partial charge in [-0.1, -0.05) is 140 Å². The normalized spacial score (nSPS) is 11.6. The van der Waals surface area contributed by atoms with Crippen molar-refractivity contribution in [2.75, 3.05) is 0 Å². The second-order valence-corrected chi connectivity index (χ2v) is 12.4. The van der Waals surface area contributed by atoms with Crippen molar-refractivity contribution < 1.29 is 0 Å². The molecule has 0 aliphatic heterocycles. The van der Waals surface area contributed by atoms with Crippen molar-refractivity contribution in [2.24, 2.45) is 0 Å². The van der Waals surface area contributed by atoms with Crippen molar-refractivity contribution in [3.63, 3.8) is 0 Å². The largest absolute Gasteiger partial charge is 0.228 e. The molecule has 0 aliphatic carbocycles. The smallest absolute Gasteiger partial charge is 0.160 e. The molecule has 210 valence electrons. The molecule has 0 amide bonds. The standard InChI is InChI=1S/C42H26N2S/c1-3-12-29(13-4-1)37-26-38(44-42(43-37)30-14-5-2-6-15-30)40-33(23-24-35-34-17-9-10-18-39(34)45-41(35)40)31-22-21-28-20-19-27-11-7-8-16-32(27)36(28)25-31/h1-26H. The Hall–Kier alpha value is -5.64. The summed E-state index contributed by atoms with van der Waals surface area (Å²) < 4.78 is 2.51. The monoisotopic (exact) mass is 590 g/mol. The van der Waals surface area contributed by atoms with Crippen LogP contribution in [0.4, 0.5) is 0 Å². The molecule has 0 atom stereocenters. The zero-order valence-corrected chi connectivity index (χ0v) is 25.1. The summed E-state index contributed by atoms with van der Waals surface area (Å²) in [4.78, 5) is 10.4. The molecular formula is C42H26N2S. The van der Waals surface area contributed by atoms with Gasteiger partial charge in [-0.2, -0.15) is 0 Å². The van der Waals surface area contributed by atoms with Crippen LogP contribution >= 0.6 is 11.3 Å². The molecular weight excluding hydrogens is 565 g/mol. The van der Waals surface area contributed by atoms with Crippen LogP contribution in [0.1, 0.15) is 0 Å². The summed E-state index contributed by atoms with van der Waals surface area (Å²) in [6.07, 6.45) is 0. The fourth-order valence-electron chi connectivity index (χ4n) is 6.50. The molecule has 7 aromatic carbocycles. The number of aromatic nitrogens is 2. The number of nitrogens with zero attached hydrogens (tertiary/aromatic N) is 2. The van der Waals surface area contributed by atoms with E-state index in [1.165, 1.54) is 52.8 Å². The molecule has 0 spiro atoms. The van der Waals surface area contributed by atoms with Gasteiger partial charge in [-0.05, 0) is 50.9 Å². The van der Waals surface area contributed by atoms with Crippen LogP contribution in [0.2, 0.25) is 0 Å². The van der Waals surface area contributed by atoms with Crippen LogP contribution in [0.5, 0.6) is 0 Å². The molecule has 3 heteroatoms. The van der Waals surface area contributed by atoms with Crippen molar-refractivity contribution in [2.45, 2.75) is 0 Å². The number of rotatable bonds is 4. The molecule has 0 bridgehead atoms. The molecule has 9 aromatic rings. The molecule has 2 aromatic heterocycles. The van der Waals surface area contributed by atoms with Gasteiger partial charge in [-0.25, -0.2) is 9.97 Å². The zero-order valence-electron chi connectivity index (χ0n) is 24.3. The lowest BCUT2D eigenvalue weighted by molar-refractivity contribution is 1.19. The van der Waals surface area contributed by atoms with Crippen molar-refractivity contribution in [1.82, 2.24) is 9.97 Å². The second kappa shape index (κ2) is 10.5. The molecule has 9 rings (SSSR count). The second-order valence-electron chi connectivity index (χ2n) is 11.4. The van der Waals surface area contributed by atoms with Crippen LogP contribution in [0, 0.1) is 0 Å². The number of fused-ring (bicyclic) bond motifs is 6. The maximum Gasteiger partial charge on any atom is 0.160 e. The van der Waals surface area contributed by atoms with Crippen molar-refractivity contribution in [1.29, 1.82) is 0 Å². The van der Waals surface area contributed by atoms with E-state index in [0.29, 0.717) is 0 Å². The van der Waals surface area contributed by atoms with E-state index in [1.807, 2.05) is 35.6 Å². The summed E-state index contributed by atoms with van der Waals surface area (Å²) in [5, 5.41) is 7.53. The molecule has 0 radical (unpaired) electrons. The lowest BCUT2D eigenvalue weighted by atomic mass is 9.92. The minimum absolute atomic E-state index is 0.723. The van der Waals surface area contributed by atoms with Gasteiger partial charge in [0.25, 0.3) is 0 Å². The van der Waals surface area contributed by atoms with Gasteiger partial charge in [-0.15, -0.1) is 11.3 Å². The fourth-order valence-corrected chi connectivity index (χ4v) is 7.76. The van der Waals surface area contributed by atoms with Gasteiger partial charge in [-0.3, -0.25) is 0 Å². The van der Waals surface area contributed by atoms with E-state index in [2.05, 4.69) is 133 Å². The third-order valence-electron chi connectivity index (χ3n) is 8.69. The Balaban J connectivity index is 1.38. The quantitative estimate of drug-likeness (QED) is 0.191. The first kappa shape index (κ1) is 25.8. The summed E-state index contributed by atoms with van der Waals surface area (Å²) in [5.74, 6) is 0.723. The molecule has 0 saturated heterocycles. The summed E-state index contributed by atoms with van der Waals surface area (Å²) in [6, 6.07) is 56.1. The van der Waals surface area contributed by atoms with E-state index in [4.69, 9.17) is 9.97 Å². The first-order valence-electron chi connectivity index (χ1n) is 15.2. The molecule has 0 aliphatic rings. The highest BCUT2D eigenvalue weighted by Crippen LogP contribution is 2.45. The Morgan fingerprint density at radius 3 is 1.87 bits per heavy atom. The summed E-state index contributed by atoms with van der Waals surface area (Å²) >= 11 is 1.84. The lowest BCUT2D eigenvalue weighted by Gasteiger charge is -2.15. The van der Waals surface area contributed by atoms with Crippen LogP contribution in [-0.2, 0) is 0 Å². The molecule has 0 N–H and O–H groups in total. The molecule has 0 unspecified atom stereocenters. The highest BCUT2D eigenvalue weighted by Gasteiger charge is 2.20. The third-order valence-corrected chi connectivity index (χ3v) is 9.89. The molecule has 45 heavy (non-hydrogen) atoms. The SMILES string of the molecule is c1ccc(-c2cc(-c3c(-c4ccc5ccc6ccccc6c5c4)ccc4c3sc3ccccc34)nc(-c3ccccc3)n2)cc1. The average Bonchev–Trinajstić information content (AvgIpc) is 3.50. The molecule has 2 heterocycles. The van der Waals surface area contributed by atoms with E-state index in [-0.39, 0.29) is 0 Å². The van der Waals surface area contributed by atoms with Crippen LogP contribution < -0.4 is 0 Å². The van der Waals surface area contributed by atoms with Crippen molar-refractivity contribution in [3.8, 4) is 45.0 Å². The van der Waals surface area contributed by atoms with Crippen molar-refractivity contribution in [3.05, 3.63) is 158 Å². The first-order chi connectivity index (χ1) is 22.3. The van der Waals surface area contributed by atoms with Crippen molar-refractivity contribution >= 4 is 53.1 Å². The highest BCUT2D eigenvalue weighted by atomic mass is 32.1. The molecule has 2 nitrogen and oxygen atoms in total. The summed E-state index contributed by atoms with van der Waals surface area (Å²) in [6.45, 7) is 0. The lowest BCUT2D eigenvalue weighted by Crippen LogP contribution is -1.97. The number of hydrogen-bond acceptors (Lipinski definition) is 3. The number of hydrogen-bond donors (Lipinski definition) is 0. The topological polar surface area (TPSA) is 25.8 Å². The van der Waals surface area contributed by atoms with Gasteiger partial charge in [0.15, 0.2) is 5.82 Å². The van der Waals surface area contributed by atoms with Crippen LogP contribution in [0.15, 0.2) is 158 Å². The Kier molecular flexibility index (Phi) is 6.03. The van der Waals surface area contributed by atoms with Gasteiger partial charge in [0.1, 0.15) is 0 Å². The predicted molar refractivity (Wildman–Crippen MR) is 192 cm³/mol. The Bertz CT molecular complexity index is 2470. The van der Waals surface area contributed by atoms with Gasteiger partial charge >= 0.3 is 0 Å². The fraction of sp³-hybridized carbons (Fsp3) is 0. The maximum atomic E-state index is 5.31. The Labute approximate surface area is 264 Å². The van der Waals surface area contributed by atoms with Gasteiger partial charge < -0.3 is 0 Å². The number of thiophene rings is 1. The predicted octanol–water partition coefficient (Wildman–Crippen LogP) is 11.8. The van der Waals surface area contributed by atoms with E-state index >= 15 is 0 Å². The Morgan fingerprint density at radius 2 is 1.04 bits per heavy atom. The summed E-state index contributed by atoms with van der Waals surface area (Å²) in [7, 11) is 0. The van der Waals surface area contributed by atoms with E-state index in [1.54, 1.807) is 0 Å². The third kappa shape index (κ3) is 4.40. The molecule has 0 saturated carbocycles. The van der Waals surface area contributed by atoms with E-state index in [0.717, 1.165) is 33.9 Å². The highest BCUT2D eigenvalue weighted by molar-refractivity contribution is 7.26. The minimum Gasteiger partial charge on any atom is -0.228 e. The van der Waals surface area contributed by atoms with E-state index in [9.17, 15) is 0 Å².